The molecule has 3 rings (SSSR count). The molecular formula is C26H23F2N3O. The molecule has 1 amide bonds. The molecule has 0 saturated heterocycles. The number of nitrogens with zero attached hydrogens (tertiary/aromatic N) is 2. The number of rotatable bonds is 7. The van der Waals surface area contributed by atoms with Gasteiger partial charge in [-0.15, -0.1) is 0 Å². The van der Waals surface area contributed by atoms with E-state index in [-0.39, 0.29) is 12.3 Å². The highest BCUT2D eigenvalue weighted by Gasteiger charge is 2.14. The van der Waals surface area contributed by atoms with Gasteiger partial charge in [0.2, 0.25) is 5.91 Å². The molecule has 32 heavy (non-hydrogen) atoms. The van der Waals surface area contributed by atoms with Crippen LogP contribution in [-0.4, -0.2) is 15.9 Å². The van der Waals surface area contributed by atoms with Crippen LogP contribution in [0.1, 0.15) is 20.3 Å². The molecule has 0 aliphatic rings. The lowest BCUT2D eigenvalue weighted by Gasteiger charge is -2.12. The molecule has 0 atom stereocenters. The highest BCUT2D eigenvalue weighted by molar-refractivity contribution is 5.94. The Kier molecular flexibility index (Phi) is 7.75. The van der Waals surface area contributed by atoms with Gasteiger partial charge in [0.05, 0.1) is 11.9 Å². The van der Waals surface area contributed by atoms with E-state index in [0.717, 1.165) is 23.3 Å². The van der Waals surface area contributed by atoms with Gasteiger partial charge >= 0.3 is 0 Å². The Hall–Kier alpha value is -3.93. The molecule has 4 nitrogen and oxygen atoms in total. The largest absolute Gasteiger partial charge is 0.309 e. The molecule has 1 N–H and O–H groups in total. The predicted molar refractivity (Wildman–Crippen MR) is 124 cm³/mol. The minimum Gasteiger partial charge on any atom is -0.309 e. The number of hydrogen-bond donors (Lipinski definition) is 1. The van der Waals surface area contributed by atoms with Gasteiger partial charge in [-0.05, 0) is 26.0 Å². The van der Waals surface area contributed by atoms with Crippen molar-refractivity contribution in [3.63, 3.8) is 0 Å². The van der Waals surface area contributed by atoms with Gasteiger partial charge in [-0.1, -0.05) is 72.3 Å². The summed E-state index contributed by atoms with van der Waals surface area (Å²) in [7, 11) is 0. The van der Waals surface area contributed by atoms with E-state index in [0.29, 0.717) is 22.8 Å². The van der Waals surface area contributed by atoms with Crippen LogP contribution in [0.15, 0.2) is 102 Å². The van der Waals surface area contributed by atoms with Crippen LogP contribution in [0, 0.1) is 0 Å². The third-order valence-corrected chi connectivity index (χ3v) is 4.58. The van der Waals surface area contributed by atoms with Gasteiger partial charge in [-0.2, -0.15) is 0 Å². The van der Waals surface area contributed by atoms with Gasteiger partial charge in [0.25, 0.3) is 0 Å². The first-order valence-corrected chi connectivity index (χ1v) is 10.1. The summed E-state index contributed by atoms with van der Waals surface area (Å²) in [5.41, 5.74) is 3.52. The Morgan fingerprint density at radius 3 is 2.19 bits per heavy atom. The van der Waals surface area contributed by atoms with E-state index < -0.39 is 11.7 Å². The molecule has 0 unspecified atom stereocenters. The summed E-state index contributed by atoms with van der Waals surface area (Å²) in [6.07, 6.45) is 5.02. The summed E-state index contributed by atoms with van der Waals surface area (Å²) in [5.74, 6) is -1.94. The Morgan fingerprint density at radius 2 is 1.56 bits per heavy atom. The maximum absolute atomic E-state index is 13.5. The van der Waals surface area contributed by atoms with E-state index in [2.05, 4.69) is 10.3 Å². The van der Waals surface area contributed by atoms with Crippen LogP contribution >= 0.6 is 0 Å². The quantitative estimate of drug-likeness (QED) is 0.418. The Balaban J connectivity index is 1.85. The number of anilines is 1. The predicted octanol–water partition coefficient (Wildman–Crippen LogP) is 6.81. The van der Waals surface area contributed by atoms with Gasteiger partial charge in [0.15, 0.2) is 17.5 Å². The summed E-state index contributed by atoms with van der Waals surface area (Å²) in [4.78, 5) is 21.8. The zero-order valence-corrected chi connectivity index (χ0v) is 17.8. The van der Waals surface area contributed by atoms with Gasteiger partial charge < -0.3 is 5.32 Å². The monoisotopic (exact) mass is 431 g/mol. The topological polar surface area (TPSA) is 54.9 Å². The van der Waals surface area contributed by atoms with Crippen LogP contribution in [0.3, 0.4) is 0 Å². The van der Waals surface area contributed by atoms with Crippen molar-refractivity contribution in [2.45, 2.75) is 20.3 Å². The number of benzene rings is 2. The van der Waals surface area contributed by atoms with Gasteiger partial charge in [0.1, 0.15) is 5.69 Å². The Bertz CT molecular complexity index is 1170. The molecule has 0 bridgehead atoms. The maximum Gasteiger partial charge on any atom is 0.229 e. The first kappa shape index (κ1) is 22.7. The van der Waals surface area contributed by atoms with Crippen LogP contribution < -0.4 is 5.32 Å². The van der Waals surface area contributed by atoms with E-state index in [4.69, 9.17) is 4.98 Å². The molecular weight excluding hydrogens is 408 g/mol. The van der Waals surface area contributed by atoms with Crippen LogP contribution in [0.5, 0.6) is 0 Å². The second-order valence-electron chi connectivity index (χ2n) is 7.07. The van der Waals surface area contributed by atoms with Gasteiger partial charge in [0, 0.05) is 17.5 Å². The van der Waals surface area contributed by atoms with Crippen LogP contribution in [0.4, 0.5) is 14.6 Å². The third-order valence-electron chi connectivity index (χ3n) is 4.58. The van der Waals surface area contributed by atoms with Crippen molar-refractivity contribution in [1.82, 2.24) is 9.97 Å². The number of halogens is 2. The average Bonchev–Trinajstić information content (AvgIpc) is 2.83. The number of carbonyl (C=O) groups is 1. The fraction of sp³-hybridized carbons (Fsp3) is 0.115. The molecule has 0 radical (unpaired) electrons. The first-order valence-electron chi connectivity index (χ1n) is 10.1. The number of amides is 1. The first-order chi connectivity index (χ1) is 15.5. The van der Waals surface area contributed by atoms with E-state index in [1.165, 1.54) is 13.0 Å². The zero-order chi connectivity index (χ0) is 22.9. The normalized spacial score (nSPS) is 12.6. The van der Waals surface area contributed by atoms with Crippen molar-refractivity contribution >= 4 is 11.7 Å². The smallest absolute Gasteiger partial charge is 0.229 e. The molecule has 2 aromatic carbocycles. The summed E-state index contributed by atoms with van der Waals surface area (Å²) in [5, 5.41) is 2.79. The Labute approximate surface area is 186 Å². The van der Waals surface area contributed by atoms with Gasteiger partial charge in [-0.25, -0.2) is 18.7 Å². The summed E-state index contributed by atoms with van der Waals surface area (Å²) >= 11 is 0. The summed E-state index contributed by atoms with van der Waals surface area (Å²) in [6.45, 7) is 3.07. The fourth-order valence-corrected chi connectivity index (χ4v) is 2.95. The molecule has 0 aliphatic carbocycles. The van der Waals surface area contributed by atoms with Gasteiger partial charge in [-0.3, -0.25) is 4.79 Å². The minimum absolute atomic E-state index is 0.00240. The van der Waals surface area contributed by atoms with Crippen molar-refractivity contribution in [3.05, 3.63) is 102 Å². The third kappa shape index (κ3) is 6.04. The Morgan fingerprint density at radius 1 is 0.938 bits per heavy atom. The second kappa shape index (κ2) is 10.9. The van der Waals surface area contributed by atoms with Crippen molar-refractivity contribution in [2.75, 3.05) is 5.32 Å². The van der Waals surface area contributed by atoms with Crippen molar-refractivity contribution < 1.29 is 13.6 Å². The molecule has 162 valence electrons. The zero-order valence-electron chi connectivity index (χ0n) is 17.8. The molecule has 6 heteroatoms. The second-order valence-corrected chi connectivity index (χ2v) is 7.07. The minimum atomic E-state index is -0.985. The van der Waals surface area contributed by atoms with E-state index in [1.54, 1.807) is 13.1 Å². The van der Waals surface area contributed by atoms with E-state index in [9.17, 15) is 13.6 Å². The van der Waals surface area contributed by atoms with Crippen molar-refractivity contribution in [2.24, 2.45) is 0 Å². The highest BCUT2D eigenvalue weighted by Crippen LogP contribution is 2.27. The van der Waals surface area contributed by atoms with Crippen molar-refractivity contribution in [1.29, 1.82) is 0 Å². The SMILES string of the molecule is C\C=C(F)/C(F)=C\C=C(/C)CC(=O)Nc1ncc(-c2ccccc2)nc1-c1ccccc1. The van der Waals surface area contributed by atoms with Crippen LogP contribution in [0.25, 0.3) is 22.5 Å². The molecule has 0 spiro atoms. The van der Waals surface area contributed by atoms with E-state index in [1.807, 2.05) is 60.7 Å². The maximum atomic E-state index is 13.5. The average molecular weight is 431 g/mol. The lowest BCUT2D eigenvalue weighted by atomic mass is 10.1. The molecule has 0 fully saturated rings. The molecule has 1 heterocycles. The number of carbonyl (C=O) groups excluding carboxylic acids is 1. The number of nitrogens with one attached hydrogen (secondary N) is 1. The summed E-state index contributed by atoms with van der Waals surface area (Å²) in [6, 6.07) is 19.1. The van der Waals surface area contributed by atoms with Crippen LogP contribution in [-0.2, 0) is 4.79 Å². The lowest BCUT2D eigenvalue weighted by Crippen LogP contribution is -2.14. The number of hydrogen-bond acceptors (Lipinski definition) is 3. The molecule has 1 aromatic heterocycles. The molecule has 0 saturated carbocycles. The van der Waals surface area contributed by atoms with Crippen LogP contribution in [0.2, 0.25) is 0 Å². The number of aromatic nitrogens is 2. The molecule has 0 aliphatic heterocycles. The molecule has 3 aromatic rings. The summed E-state index contributed by atoms with van der Waals surface area (Å²) < 4.78 is 26.7. The fourth-order valence-electron chi connectivity index (χ4n) is 2.95. The highest BCUT2D eigenvalue weighted by atomic mass is 19.2. The number of allylic oxidation sites excluding steroid dienone is 5. The standard InChI is InChI=1S/C26H23F2N3O/c1-3-21(27)22(28)15-14-18(2)16-24(32)31-26-25(20-12-8-5-9-13-20)30-23(17-29-26)19-10-6-4-7-11-19/h3-15,17H,16H2,1-2H3,(H,29,31,32)/b18-14+,21-3+,22-15+. The van der Waals surface area contributed by atoms with Crippen molar-refractivity contribution in [3.8, 4) is 22.5 Å². The lowest BCUT2D eigenvalue weighted by molar-refractivity contribution is -0.115. The van der Waals surface area contributed by atoms with E-state index >= 15 is 0 Å².